The van der Waals surface area contributed by atoms with E-state index in [2.05, 4.69) is 33.9 Å². The zero-order valence-corrected chi connectivity index (χ0v) is 16.4. The lowest BCUT2D eigenvalue weighted by atomic mass is 9.98. The highest BCUT2D eigenvalue weighted by Crippen LogP contribution is 2.35. The van der Waals surface area contributed by atoms with Crippen LogP contribution >= 0.6 is 23.1 Å². The third-order valence-electron chi connectivity index (χ3n) is 4.66. The Morgan fingerprint density at radius 1 is 1.33 bits per heavy atom. The Bertz CT molecular complexity index is 937. The van der Waals surface area contributed by atoms with Crippen LogP contribution in [0.5, 0.6) is 5.75 Å². The number of hydrogen-bond donors (Lipinski definition) is 1. The number of rotatable bonds is 5. The highest BCUT2D eigenvalue weighted by molar-refractivity contribution is 7.99. The molecule has 0 fully saturated rings. The van der Waals surface area contributed by atoms with Crippen LogP contribution in [0.3, 0.4) is 0 Å². The molecule has 0 aliphatic carbocycles. The van der Waals surface area contributed by atoms with Gasteiger partial charge in [-0.15, -0.1) is 16.4 Å². The van der Waals surface area contributed by atoms with Crippen molar-refractivity contribution in [1.29, 1.82) is 0 Å². The maximum atomic E-state index is 12.9. The van der Waals surface area contributed by atoms with Crippen LogP contribution in [-0.2, 0) is 11.2 Å². The summed E-state index contributed by atoms with van der Waals surface area (Å²) >= 11 is 3.11. The van der Waals surface area contributed by atoms with Crippen molar-refractivity contribution in [1.82, 2.24) is 25.1 Å². The van der Waals surface area contributed by atoms with E-state index in [1.54, 1.807) is 40.3 Å². The maximum Gasteiger partial charge on any atom is 0.233 e. The third kappa shape index (κ3) is 3.57. The minimum absolute atomic E-state index is 0.101. The fraction of sp³-hybridized carbons (Fsp3) is 0.333. The molecule has 0 bridgehead atoms. The van der Waals surface area contributed by atoms with E-state index < -0.39 is 0 Å². The van der Waals surface area contributed by atoms with Crippen molar-refractivity contribution in [2.75, 3.05) is 12.3 Å². The lowest BCUT2D eigenvalue weighted by Crippen LogP contribution is -2.40. The molecular formula is C18H19N5O2S2. The normalized spacial score (nSPS) is 16.3. The van der Waals surface area contributed by atoms with Crippen molar-refractivity contribution in [3.05, 3.63) is 46.2 Å². The second-order valence-corrected chi connectivity index (χ2v) is 8.18. The molecule has 4 rings (SSSR count). The van der Waals surface area contributed by atoms with Crippen LogP contribution in [0.2, 0.25) is 0 Å². The van der Waals surface area contributed by atoms with Gasteiger partial charge in [-0.25, -0.2) is 0 Å². The number of nitrogens with zero attached hydrogens (tertiary/aromatic N) is 5. The number of carbonyl (C=O) groups excluding carboxylic acids is 1. The summed E-state index contributed by atoms with van der Waals surface area (Å²) in [7, 11) is 0. The third-order valence-corrected chi connectivity index (χ3v) is 6.56. The van der Waals surface area contributed by atoms with Gasteiger partial charge in [-0.3, -0.25) is 4.79 Å². The zero-order valence-electron chi connectivity index (χ0n) is 14.8. The number of benzene rings is 1. The van der Waals surface area contributed by atoms with Gasteiger partial charge in [-0.05, 0) is 64.5 Å². The SMILES string of the molecule is CCC1c2ccsc2CCN1C(=O)CSc1nnnn1-c1ccc(O)cc1. The molecule has 0 saturated heterocycles. The molecule has 3 aromatic rings. The van der Waals surface area contributed by atoms with Gasteiger partial charge in [-0.2, -0.15) is 4.68 Å². The van der Waals surface area contributed by atoms with Crippen LogP contribution in [0.1, 0.15) is 29.8 Å². The summed E-state index contributed by atoms with van der Waals surface area (Å²) < 4.78 is 1.57. The van der Waals surface area contributed by atoms with Gasteiger partial charge >= 0.3 is 0 Å². The molecule has 3 heterocycles. The summed E-state index contributed by atoms with van der Waals surface area (Å²) in [4.78, 5) is 16.3. The van der Waals surface area contributed by atoms with E-state index in [9.17, 15) is 9.90 Å². The minimum atomic E-state index is 0.101. The Morgan fingerprint density at radius 2 is 2.15 bits per heavy atom. The Labute approximate surface area is 165 Å². The highest BCUT2D eigenvalue weighted by Gasteiger charge is 2.30. The number of tetrazole rings is 1. The second kappa shape index (κ2) is 7.69. The fourth-order valence-corrected chi connectivity index (χ4v) is 5.07. The van der Waals surface area contributed by atoms with Gasteiger partial charge in [0, 0.05) is 11.4 Å². The summed E-state index contributed by atoms with van der Waals surface area (Å²) in [5.41, 5.74) is 2.03. The molecule has 27 heavy (non-hydrogen) atoms. The first-order valence-corrected chi connectivity index (χ1v) is 10.6. The van der Waals surface area contributed by atoms with Gasteiger partial charge in [-0.1, -0.05) is 18.7 Å². The van der Waals surface area contributed by atoms with Crippen LogP contribution < -0.4 is 0 Å². The van der Waals surface area contributed by atoms with Crippen LogP contribution in [0.15, 0.2) is 40.9 Å². The Hall–Kier alpha value is -2.39. The molecule has 1 aromatic carbocycles. The van der Waals surface area contributed by atoms with E-state index >= 15 is 0 Å². The van der Waals surface area contributed by atoms with Gasteiger partial charge < -0.3 is 10.0 Å². The number of amides is 1. The van der Waals surface area contributed by atoms with Crippen molar-refractivity contribution >= 4 is 29.0 Å². The quantitative estimate of drug-likeness (QED) is 0.662. The average molecular weight is 402 g/mol. The van der Waals surface area contributed by atoms with Gasteiger partial charge in [0.15, 0.2) is 0 Å². The number of aromatic hydroxyl groups is 1. The minimum Gasteiger partial charge on any atom is -0.508 e. The lowest BCUT2D eigenvalue weighted by Gasteiger charge is -2.35. The number of aromatic nitrogens is 4. The van der Waals surface area contributed by atoms with E-state index in [0.29, 0.717) is 5.16 Å². The average Bonchev–Trinajstić information content (AvgIpc) is 3.35. The number of fused-ring (bicyclic) bond motifs is 1. The topological polar surface area (TPSA) is 84.1 Å². The zero-order chi connectivity index (χ0) is 18.8. The van der Waals surface area contributed by atoms with E-state index in [1.807, 2.05) is 4.90 Å². The summed E-state index contributed by atoms with van der Waals surface area (Å²) in [5, 5.41) is 23.8. The largest absolute Gasteiger partial charge is 0.508 e. The molecule has 1 N–H and O–H groups in total. The summed E-state index contributed by atoms with van der Waals surface area (Å²) in [6.07, 6.45) is 1.83. The molecular weight excluding hydrogens is 382 g/mol. The summed E-state index contributed by atoms with van der Waals surface area (Å²) in [5.74, 6) is 0.567. The number of thiophene rings is 1. The molecule has 0 radical (unpaired) electrons. The first-order chi connectivity index (χ1) is 13.2. The van der Waals surface area contributed by atoms with E-state index in [0.717, 1.165) is 25.1 Å². The Morgan fingerprint density at radius 3 is 2.93 bits per heavy atom. The number of carbonyl (C=O) groups is 1. The number of phenols is 1. The van der Waals surface area contributed by atoms with Gasteiger partial charge in [0.2, 0.25) is 11.1 Å². The molecule has 1 aliphatic rings. The summed E-state index contributed by atoms with van der Waals surface area (Å²) in [6.45, 7) is 2.88. The van der Waals surface area contributed by atoms with Gasteiger partial charge in [0.25, 0.3) is 0 Å². The summed E-state index contributed by atoms with van der Waals surface area (Å²) in [6, 6.07) is 8.91. The van der Waals surface area contributed by atoms with Crippen LogP contribution in [0, 0.1) is 0 Å². The first kappa shape index (κ1) is 18.0. The number of thioether (sulfide) groups is 1. The predicted octanol–water partition coefficient (Wildman–Crippen LogP) is 3.06. The molecule has 9 heteroatoms. The van der Waals surface area contributed by atoms with Gasteiger partial charge in [0.05, 0.1) is 17.5 Å². The predicted molar refractivity (Wildman–Crippen MR) is 104 cm³/mol. The van der Waals surface area contributed by atoms with Crippen LogP contribution in [-0.4, -0.2) is 48.4 Å². The Kier molecular flexibility index (Phi) is 5.13. The standard InChI is InChI=1S/C18H19N5O2S2/c1-2-15-14-8-10-26-16(14)7-9-22(15)17(25)11-27-18-19-20-21-23(18)12-3-5-13(24)6-4-12/h3-6,8,10,15,24H,2,7,9,11H2,1H3. The molecule has 0 spiro atoms. The molecule has 1 amide bonds. The number of phenolic OH excluding ortho intramolecular Hbond substituents is 1. The molecule has 1 aliphatic heterocycles. The van der Waals surface area contributed by atoms with Crippen molar-refractivity contribution < 1.29 is 9.90 Å². The molecule has 2 aromatic heterocycles. The van der Waals surface area contributed by atoms with E-state index in [4.69, 9.17) is 0 Å². The van der Waals surface area contributed by atoms with Gasteiger partial charge in [0.1, 0.15) is 5.75 Å². The van der Waals surface area contributed by atoms with E-state index in [-0.39, 0.29) is 23.5 Å². The van der Waals surface area contributed by atoms with Crippen molar-refractivity contribution in [3.8, 4) is 11.4 Å². The lowest BCUT2D eigenvalue weighted by molar-refractivity contribution is -0.131. The molecule has 7 nitrogen and oxygen atoms in total. The Balaban J connectivity index is 1.46. The second-order valence-electron chi connectivity index (χ2n) is 6.24. The molecule has 140 valence electrons. The number of hydrogen-bond acceptors (Lipinski definition) is 7. The first-order valence-electron chi connectivity index (χ1n) is 8.73. The fourth-order valence-electron chi connectivity index (χ4n) is 3.37. The maximum absolute atomic E-state index is 12.9. The van der Waals surface area contributed by atoms with Crippen LogP contribution in [0.25, 0.3) is 5.69 Å². The highest BCUT2D eigenvalue weighted by atomic mass is 32.2. The smallest absolute Gasteiger partial charge is 0.233 e. The molecule has 1 unspecified atom stereocenters. The van der Waals surface area contributed by atoms with Crippen molar-refractivity contribution in [2.24, 2.45) is 0 Å². The van der Waals surface area contributed by atoms with Crippen molar-refractivity contribution in [3.63, 3.8) is 0 Å². The molecule has 0 saturated carbocycles. The van der Waals surface area contributed by atoms with Crippen molar-refractivity contribution in [2.45, 2.75) is 31.0 Å². The van der Waals surface area contributed by atoms with E-state index in [1.165, 1.54) is 22.2 Å². The monoisotopic (exact) mass is 401 g/mol. The van der Waals surface area contributed by atoms with Crippen LogP contribution in [0.4, 0.5) is 0 Å². The molecule has 1 atom stereocenters.